The van der Waals surface area contributed by atoms with Crippen LogP contribution in [0.3, 0.4) is 0 Å². The van der Waals surface area contributed by atoms with Crippen molar-refractivity contribution in [1.29, 1.82) is 0 Å². The molecule has 0 radical (unpaired) electrons. The fourth-order valence-electron chi connectivity index (χ4n) is 2.79. The second kappa shape index (κ2) is 7.53. The number of halogens is 2. The number of hydrogen-bond acceptors (Lipinski definition) is 3. The molecule has 140 valence electrons. The van der Waals surface area contributed by atoms with E-state index in [1.807, 2.05) is 13.8 Å². The number of carbonyl (C=O) groups is 2. The van der Waals surface area contributed by atoms with Gasteiger partial charge in [-0.2, -0.15) is 0 Å². The number of hydrogen-bond donors (Lipinski definition) is 1. The van der Waals surface area contributed by atoms with Gasteiger partial charge in [-0.05, 0) is 38.1 Å². The number of anilines is 1. The zero-order valence-electron chi connectivity index (χ0n) is 14.9. The smallest absolute Gasteiger partial charge is 0.292 e. The van der Waals surface area contributed by atoms with Crippen LogP contribution >= 0.6 is 0 Å². The summed E-state index contributed by atoms with van der Waals surface area (Å²) < 4.78 is 28.3. The maximum atomic E-state index is 13.8. The first kappa shape index (κ1) is 18.5. The molecule has 0 saturated heterocycles. The van der Waals surface area contributed by atoms with Gasteiger partial charge in [0.05, 0.1) is 11.2 Å². The van der Waals surface area contributed by atoms with Crippen molar-refractivity contribution in [2.45, 2.75) is 13.8 Å². The van der Waals surface area contributed by atoms with Gasteiger partial charge in [-0.15, -0.1) is 0 Å². The van der Waals surface area contributed by atoms with E-state index in [4.69, 9.17) is 0 Å². The Labute approximate surface area is 154 Å². The van der Waals surface area contributed by atoms with E-state index in [0.717, 1.165) is 12.1 Å². The Kier molecular flexibility index (Phi) is 5.16. The number of nitrogens with one attached hydrogen (secondary N) is 1. The van der Waals surface area contributed by atoms with Crippen LogP contribution in [0.5, 0.6) is 0 Å². The number of imidazole rings is 1. The number of fused-ring (bicyclic) bond motifs is 1. The summed E-state index contributed by atoms with van der Waals surface area (Å²) in [5.74, 6) is -2.71. The zero-order valence-corrected chi connectivity index (χ0v) is 14.9. The van der Waals surface area contributed by atoms with Gasteiger partial charge in [0.2, 0.25) is 5.82 Å². The van der Waals surface area contributed by atoms with Crippen LogP contribution in [0.2, 0.25) is 0 Å². The molecule has 0 bridgehead atoms. The van der Waals surface area contributed by atoms with Crippen LogP contribution in [-0.2, 0) is 0 Å². The summed E-state index contributed by atoms with van der Waals surface area (Å²) in [6.45, 7) is 4.71. The number of nitrogens with zero attached hydrogens (tertiary/aromatic N) is 3. The van der Waals surface area contributed by atoms with Crippen molar-refractivity contribution in [2.24, 2.45) is 0 Å². The molecule has 8 heteroatoms. The molecule has 0 aliphatic rings. The Balaban J connectivity index is 2.01. The van der Waals surface area contributed by atoms with Gasteiger partial charge in [0.25, 0.3) is 11.8 Å². The minimum Gasteiger partial charge on any atom is -0.338 e. The van der Waals surface area contributed by atoms with Gasteiger partial charge in [0.15, 0.2) is 5.69 Å². The molecule has 0 atom stereocenters. The SMILES string of the molecule is CCN(CC)C(=O)c1nc(C(=O)Nc2ccc(F)cc2F)n2ccccc12. The van der Waals surface area contributed by atoms with E-state index in [-0.39, 0.29) is 23.1 Å². The van der Waals surface area contributed by atoms with Crippen LogP contribution < -0.4 is 5.32 Å². The standard InChI is InChI=1S/C19H18F2N4O2/c1-3-24(4-2)19(27)16-15-7-5-6-10-25(15)17(23-16)18(26)22-14-9-8-12(20)11-13(14)21/h5-11H,3-4H2,1-2H3,(H,22,26). The first-order valence-electron chi connectivity index (χ1n) is 8.49. The molecule has 6 nitrogen and oxygen atoms in total. The number of pyridine rings is 1. The van der Waals surface area contributed by atoms with E-state index >= 15 is 0 Å². The Morgan fingerprint density at radius 3 is 2.56 bits per heavy atom. The lowest BCUT2D eigenvalue weighted by Crippen LogP contribution is -2.31. The van der Waals surface area contributed by atoms with Crippen LogP contribution in [0, 0.1) is 11.6 Å². The largest absolute Gasteiger partial charge is 0.338 e. The molecule has 0 unspecified atom stereocenters. The molecule has 0 aliphatic carbocycles. The molecule has 27 heavy (non-hydrogen) atoms. The third-order valence-corrected chi connectivity index (χ3v) is 4.18. The summed E-state index contributed by atoms with van der Waals surface area (Å²) in [5.41, 5.74) is 0.439. The second-order valence-corrected chi connectivity index (χ2v) is 5.80. The zero-order chi connectivity index (χ0) is 19.6. The second-order valence-electron chi connectivity index (χ2n) is 5.80. The maximum Gasteiger partial charge on any atom is 0.292 e. The number of aromatic nitrogens is 2. The Morgan fingerprint density at radius 1 is 1.15 bits per heavy atom. The molecule has 0 fully saturated rings. The van der Waals surface area contributed by atoms with Crippen LogP contribution in [0.25, 0.3) is 5.52 Å². The Morgan fingerprint density at radius 2 is 1.89 bits per heavy atom. The average Bonchev–Trinajstić information content (AvgIpc) is 3.04. The van der Waals surface area contributed by atoms with Gasteiger partial charge in [-0.3, -0.25) is 14.0 Å². The quantitative estimate of drug-likeness (QED) is 0.747. The average molecular weight is 372 g/mol. The topological polar surface area (TPSA) is 66.7 Å². The molecular weight excluding hydrogens is 354 g/mol. The third kappa shape index (κ3) is 3.51. The van der Waals surface area contributed by atoms with Crippen molar-refractivity contribution in [1.82, 2.24) is 14.3 Å². The third-order valence-electron chi connectivity index (χ3n) is 4.18. The van der Waals surface area contributed by atoms with Crippen molar-refractivity contribution >= 4 is 23.0 Å². The highest BCUT2D eigenvalue weighted by molar-refractivity contribution is 6.06. The highest BCUT2D eigenvalue weighted by Gasteiger charge is 2.24. The molecule has 2 heterocycles. The van der Waals surface area contributed by atoms with Crippen LogP contribution in [0.4, 0.5) is 14.5 Å². The molecule has 3 rings (SSSR count). The molecule has 2 aromatic heterocycles. The van der Waals surface area contributed by atoms with Gasteiger partial charge in [0.1, 0.15) is 11.6 Å². The normalized spacial score (nSPS) is 10.8. The van der Waals surface area contributed by atoms with Gasteiger partial charge >= 0.3 is 0 Å². The van der Waals surface area contributed by atoms with Crippen LogP contribution in [0.15, 0.2) is 42.6 Å². The maximum absolute atomic E-state index is 13.8. The number of amides is 2. The van der Waals surface area contributed by atoms with Gasteiger partial charge in [-0.25, -0.2) is 13.8 Å². The monoisotopic (exact) mass is 372 g/mol. The van der Waals surface area contributed by atoms with Gasteiger partial charge in [0, 0.05) is 25.4 Å². The van der Waals surface area contributed by atoms with Gasteiger partial charge < -0.3 is 10.2 Å². The first-order chi connectivity index (χ1) is 13.0. The van der Waals surface area contributed by atoms with E-state index in [0.29, 0.717) is 24.7 Å². The molecule has 3 aromatic rings. The van der Waals surface area contributed by atoms with Crippen LogP contribution in [0.1, 0.15) is 35.0 Å². The summed E-state index contributed by atoms with van der Waals surface area (Å²) in [5, 5.41) is 2.37. The number of carbonyl (C=O) groups excluding carboxylic acids is 2. The Hall–Kier alpha value is -3.29. The van der Waals surface area contributed by atoms with E-state index in [2.05, 4.69) is 10.3 Å². The summed E-state index contributed by atoms with van der Waals surface area (Å²) >= 11 is 0. The molecule has 0 saturated carbocycles. The van der Waals surface area contributed by atoms with E-state index in [1.165, 1.54) is 4.40 Å². The predicted octanol–water partition coefficient (Wildman–Crippen LogP) is 3.35. The fourth-order valence-corrected chi connectivity index (χ4v) is 2.79. The van der Waals surface area contributed by atoms with Crippen molar-refractivity contribution < 1.29 is 18.4 Å². The summed E-state index contributed by atoms with van der Waals surface area (Å²) in [4.78, 5) is 31.2. The minimum absolute atomic E-state index is 0.0650. The fraction of sp³-hybridized carbons (Fsp3) is 0.211. The van der Waals surface area contributed by atoms with E-state index < -0.39 is 17.5 Å². The van der Waals surface area contributed by atoms with Crippen molar-refractivity contribution in [3.63, 3.8) is 0 Å². The Bertz CT molecular complexity index is 1010. The van der Waals surface area contributed by atoms with Crippen molar-refractivity contribution in [3.05, 3.63) is 65.7 Å². The van der Waals surface area contributed by atoms with Crippen LogP contribution in [-0.4, -0.2) is 39.2 Å². The summed E-state index contributed by atoms with van der Waals surface area (Å²) in [6.07, 6.45) is 1.59. The lowest BCUT2D eigenvalue weighted by molar-refractivity contribution is 0.0769. The highest BCUT2D eigenvalue weighted by Crippen LogP contribution is 2.19. The van der Waals surface area contributed by atoms with Crippen molar-refractivity contribution in [2.75, 3.05) is 18.4 Å². The minimum atomic E-state index is -0.899. The summed E-state index contributed by atoms with van der Waals surface area (Å²) in [7, 11) is 0. The highest BCUT2D eigenvalue weighted by atomic mass is 19.1. The molecular formula is C19H18F2N4O2. The van der Waals surface area contributed by atoms with Crippen molar-refractivity contribution in [3.8, 4) is 0 Å². The van der Waals surface area contributed by atoms with E-state index in [9.17, 15) is 18.4 Å². The molecule has 1 aromatic carbocycles. The molecule has 1 N–H and O–H groups in total. The van der Waals surface area contributed by atoms with Gasteiger partial charge in [-0.1, -0.05) is 6.07 Å². The number of benzene rings is 1. The first-order valence-corrected chi connectivity index (χ1v) is 8.49. The lowest BCUT2D eigenvalue weighted by atomic mass is 10.3. The predicted molar refractivity (Wildman–Crippen MR) is 96.8 cm³/mol. The molecule has 2 amide bonds. The molecule has 0 spiro atoms. The van der Waals surface area contributed by atoms with E-state index in [1.54, 1.807) is 29.3 Å². The lowest BCUT2D eigenvalue weighted by Gasteiger charge is -2.17. The number of rotatable bonds is 5. The molecule has 0 aliphatic heterocycles. The summed E-state index contributed by atoms with van der Waals surface area (Å²) in [6, 6.07) is 7.94.